The van der Waals surface area contributed by atoms with Gasteiger partial charge in [0, 0.05) is 22.9 Å². The average molecular weight is 390 g/mol. The van der Waals surface area contributed by atoms with Crippen LogP contribution in [0, 0.1) is 0 Å². The molecule has 1 aromatic heterocycles. The molecule has 0 aliphatic heterocycles. The molecule has 1 heterocycles. The summed E-state index contributed by atoms with van der Waals surface area (Å²) in [4.78, 5) is 14.5. The van der Waals surface area contributed by atoms with Gasteiger partial charge in [-0.2, -0.15) is 0 Å². The summed E-state index contributed by atoms with van der Waals surface area (Å²) in [5.41, 5.74) is 7.12. The van der Waals surface area contributed by atoms with E-state index in [1.165, 1.54) is 11.3 Å². The van der Waals surface area contributed by atoms with Crippen molar-refractivity contribution in [2.45, 2.75) is 0 Å². The lowest BCUT2D eigenvalue weighted by molar-refractivity contribution is 0.0997. The third-order valence-electron chi connectivity index (χ3n) is 2.44. The molecule has 0 bridgehead atoms. The summed E-state index contributed by atoms with van der Waals surface area (Å²) in [6, 6.07) is 9.01. The van der Waals surface area contributed by atoms with Crippen LogP contribution in [0.2, 0.25) is 0 Å². The molecule has 0 radical (unpaired) electrons. The fraction of sp³-hybridized carbons (Fsp3) is 0.0833. The third kappa shape index (κ3) is 2.76. The molecule has 94 valence electrons. The van der Waals surface area contributed by atoms with E-state index >= 15 is 0 Å². The maximum absolute atomic E-state index is 12.3. The van der Waals surface area contributed by atoms with E-state index in [0.29, 0.717) is 10.6 Å². The smallest absolute Gasteiger partial charge is 0.268 e. The number of amides is 1. The lowest BCUT2D eigenvalue weighted by Gasteiger charge is -2.16. The Balaban J connectivity index is 2.26. The number of rotatable bonds is 2. The minimum absolute atomic E-state index is 0.0452. The summed E-state index contributed by atoms with van der Waals surface area (Å²) in [5.74, 6) is -0.0452. The molecule has 0 spiro atoms. The second-order valence-corrected chi connectivity index (χ2v) is 6.91. The van der Waals surface area contributed by atoms with E-state index in [1.807, 2.05) is 18.2 Å². The molecule has 0 saturated carbocycles. The first-order valence-corrected chi connectivity index (χ1v) is 7.47. The normalized spacial score (nSPS) is 10.4. The summed E-state index contributed by atoms with van der Waals surface area (Å²) in [6.45, 7) is 0. The summed E-state index contributed by atoms with van der Waals surface area (Å²) in [7, 11) is 1.75. The molecular weight excluding hydrogens is 380 g/mol. The van der Waals surface area contributed by atoms with Crippen molar-refractivity contribution in [3.05, 3.63) is 43.5 Å². The number of hydrogen-bond acceptors (Lipinski definition) is 3. The molecule has 18 heavy (non-hydrogen) atoms. The first kappa shape index (κ1) is 13.6. The van der Waals surface area contributed by atoms with Gasteiger partial charge in [0.2, 0.25) is 0 Å². The van der Waals surface area contributed by atoms with E-state index < -0.39 is 0 Å². The summed E-state index contributed by atoms with van der Waals surface area (Å²) in [5, 5.41) is 0. The van der Waals surface area contributed by atoms with Gasteiger partial charge in [0.1, 0.15) is 0 Å². The number of nitrogen functional groups attached to an aromatic ring is 1. The topological polar surface area (TPSA) is 46.3 Å². The van der Waals surface area contributed by atoms with Gasteiger partial charge in [-0.15, -0.1) is 11.3 Å². The number of hydrogen-bond donors (Lipinski definition) is 1. The summed E-state index contributed by atoms with van der Waals surface area (Å²) >= 11 is 8.16. The van der Waals surface area contributed by atoms with Gasteiger partial charge in [-0.25, -0.2) is 0 Å². The highest BCUT2D eigenvalue weighted by atomic mass is 79.9. The van der Waals surface area contributed by atoms with Gasteiger partial charge in [0.05, 0.1) is 8.66 Å². The fourth-order valence-electron chi connectivity index (χ4n) is 1.43. The Bertz CT molecular complexity index is 561. The lowest BCUT2D eigenvalue weighted by Crippen LogP contribution is -2.25. The Morgan fingerprint density at radius 3 is 2.39 bits per heavy atom. The van der Waals surface area contributed by atoms with E-state index in [-0.39, 0.29) is 5.91 Å². The Morgan fingerprint density at radius 2 is 1.89 bits per heavy atom. The molecule has 0 unspecified atom stereocenters. The van der Waals surface area contributed by atoms with E-state index in [4.69, 9.17) is 5.73 Å². The fourth-order valence-corrected chi connectivity index (χ4v) is 3.44. The number of thiophene rings is 1. The van der Waals surface area contributed by atoms with Crippen LogP contribution in [0.15, 0.2) is 38.6 Å². The Labute approximate surface area is 126 Å². The highest BCUT2D eigenvalue weighted by Gasteiger charge is 2.17. The predicted octanol–water partition coefficient (Wildman–Crippen LogP) is 4.13. The molecule has 0 aliphatic carbocycles. The highest BCUT2D eigenvalue weighted by Crippen LogP contribution is 2.33. The number of carbonyl (C=O) groups excluding carboxylic acids is 1. The predicted molar refractivity (Wildman–Crippen MR) is 83.3 cm³/mol. The molecule has 0 fully saturated rings. The monoisotopic (exact) mass is 388 g/mol. The zero-order valence-electron chi connectivity index (χ0n) is 9.48. The van der Waals surface area contributed by atoms with Gasteiger partial charge in [0.15, 0.2) is 0 Å². The van der Waals surface area contributed by atoms with Crippen molar-refractivity contribution in [3.8, 4) is 0 Å². The van der Waals surface area contributed by atoms with Crippen molar-refractivity contribution < 1.29 is 4.79 Å². The van der Waals surface area contributed by atoms with E-state index in [0.717, 1.165) is 13.9 Å². The summed E-state index contributed by atoms with van der Waals surface area (Å²) < 4.78 is 1.80. The molecule has 6 heteroatoms. The van der Waals surface area contributed by atoms with Gasteiger partial charge in [-0.05, 0) is 62.2 Å². The minimum Gasteiger partial charge on any atom is -0.399 e. The molecule has 2 aromatic rings. The van der Waals surface area contributed by atoms with Crippen molar-refractivity contribution in [1.82, 2.24) is 0 Å². The molecule has 0 atom stereocenters. The van der Waals surface area contributed by atoms with Crippen LogP contribution in [-0.4, -0.2) is 13.0 Å². The van der Waals surface area contributed by atoms with Gasteiger partial charge in [-0.3, -0.25) is 4.79 Å². The largest absolute Gasteiger partial charge is 0.399 e. The van der Waals surface area contributed by atoms with Gasteiger partial charge in [-0.1, -0.05) is 0 Å². The van der Waals surface area contributed by atoms with Crippen LogP contribution in [0.3, 0.4) is 0 Å². The van der Waals surface area contributed by atoms with Crippen LogP contribution >= 0.6 is 43.2 Å². The molecule has 0 aliphatic rings. The molecule has 3 nitrogen and oxygen atoms in total. The Kier molecular flexibility index (Phi) is 4.09. The molecule has 2 rings (SSSR count). The lowest BCUT2D eigenvalue weighted by atomic mass is 10.2. The molecule has 2 N–H and O–H groups in total. The second kappa shape index (κ2) is 5.42. The number of nitrogens with two attached hydrogens (primary N) is 1. The highest BCUT2D eigenvalue weighted by molar-refractivity contribution is 9.13. The standard InChI is InChI=1S/C12H10Br2N2OS/c1-16(8-4-2-7(15)3-5-8)12(17)10-6-9(13)11(14)18-10/h2-6H,15H2,1H3. The van der Waals surface area contributed by atoms with Crippen LogP contribution in [0.1, 0.15) is 9.67 Å². The van der Waals surface area contributed by atoms with Crippen LogP contribution < -0.4 is 10.6 Å². The van der Waals surface area contributed by atoms with Gasteiger partial charge >= 0.3 is 0 Å². The zero-order chi connectivity index (χ0) is 13.3. The number of halogens is 2. The quantitative estimate of drug-likeness (QED) is 0.784. The third-order valence-corrected chi connectivity index (χ3v) is 5.69. The maximum Gasteiger partial charge on any atom is 0.268 e. The van der Waals surface area contributed by atoms with Crippen molar-refractivity contribution in [3.63, 3.8) is 0 Å². The molecule has 1 amide bonds. The molecule has 1 aromatic carbocycles. The van der Waals surface area contributed by atoms with E-state index in [9.17, 15) is 4.79 Å². The minimum atomic E-state index is -0.0452. The first-order chi connectivity index (χ1) is 8.49. The van der Waals surface area contributed by atoms with Gasteiger partial charge < -0.3 is 10.6 Å². The van der Waals surface area contributed by atoms with Crippen molar-refractivity contribution in [2.24, 2.45) is 0 Å². The van der Waals surface area contributed by atoms with Crippen LogP contribution in [0.25, 0.3) is 0 Å². The summed E-state index contributed by atoms with van der Waals surface area (Å²) in [6.07, 6.45) is 0. The Hall–Kier alpha value is -0.850. The van der Waals surface area contributed by atoms with Crippen molar-refractivity contribution in [2.75, 3.05) is 17.7 Å². The van der Waals surface area contributed by atoms with Crippen LogP contribution in [0.5, 0.6) is 0 Å². The second-order valence-electron chi connectivity index (χ2n) is 3.69. The molecule has 0 saturated heterocycles. The first-order valence-electron chi connectivity index (χ1n) is 5.07. The van der Waals surface area contributed by atoms with Crippen molar-refractivity contribution >= 4 is 60.5 Å². The van der Waals surface area contributed by atoms with E-state index in [2.05, 4.69) is 31.9 Å². The average Bonchev–Trinajstić information content (AvgIpc) is 2.69. The molecular formula is C12H10Br2N2OS. The SMILES string of the molecule is CN(C(=O)c1cc(Br)c(Br)s1)c1ccc(N)cc1. The van der Waals surface area contributed by atoms with Crippen LogP contribution in [-0.2, 0) is 0 Å². The van der Waals surface area contributed by atoms with Gasteiger partial charge in [0.25, 0.3) is 5.91 Å². The number of anilines is 2. The maximum atomic E-state index is 12.3. The number of benzene rings is 1. The number of carbonyl (C=O) groups is 1. The van der Waals surface area contributed by atoms with Crippen molar-refractivity contribution in [1.29, 1.82) is 0 Å². The zero-order valence-corrected chi connectivity index (χ0v) is 13.5. The Morgan fingerprint density at radius 1 is 1.28 bits per heavy atom. The van der Waals surface area contributed by atoms with Crippen LogP contribution in [0.4, 0.5) is 11.4 Å². The number of nitrogens with zero attached hydrogens (tertiary/aromatic N) is 1. The van der Waals surface area contributed by atoms with E-state index in [1.54, 1.807) is 24.1 Å².